The third kappa shape index (κ3) is 4.42. The Kier molecular flexibility index (Phi) is 5.85. The molecule has 9 heteroatoms. The Balaban J connectivity index is 1.61. The van der Waals surface area contributed by atoms with E-state index >= 15 is 0 Å². The van der Waals surface area contributed by atoms with E-state index in [1.54, 1.807) is 36.5 Å². The minimum absolute atomic E-state index is 0.0160. The van der Waals surface area contributed by atoms with Gasteiger partial charge in [-0.3, -0.25) is 4.40 Å². The van der Waals surface area contributed by atoms with Crippen molar-refractivity contribution in [2.45, 2.75) is 44.7 Å². The Morgan fingerprint density at radius 2 is 2.00 bits per heavy atom. The zero-order chi connectivity index (χ0) is 20.3. The molecule has 0 saturated heterocycles. The molecule has 0 fully saturated rings. The number of benzene rings is 1. The average molecular weight is 404 g/mol. The molecule has 2 aromatic heterocycles. The molecule has 0 bridgehead atoms. The maximum atomic E-state index is 12.5. The summed E-state index contributed by atoms with van der Waals surface area (Å²) in [7, 11) is -3.64. The number of aryl methyl sites for hydroxylation is 2. The van der Waals surface area contributed by atoms with Crippen LogP contribution in [0.2, 0.25) is 0 Å². The molecule has 2 heterocycles. The van der Waals surface area contributed by atoms with Gasteiger partial charge in [0, 0.05) is 19.3 Å². The number of aromatic nitrogens is 3. The van der Waals surface area contributed by atoms with Crippen molar-refractivity contribution in [1.29, 1.82) is 0 Å². The number of rotatable bonds is 8. The minimum Gasteiger partial charge on any atom is -0.491 e. The molecule has 0 aliphatic carbocycles. The van der Waals surface area contributed by atoms with E-state index in [1.165, 1.54) is 15.1 Å². The summed E-state index contributed by atoms with van der Waals surface area (Å²) in [4.78, 5) is 12.4. The van der Waals surface area contributed by atoms with Crippen molar-refractivity contribution in [3.05, 3.63) is 58.6 Å². The van der Waals surface area contributed by atoms with Crippen LogP contribution >= 0.6 is 0 Å². The minimum atomic E-state index is -3.64. The first kappa shape index (κ1) is 20.1. The van der Waals surface area contributed by atoms with Crippen molar-refractivity contribution < 1.29 is 13.2 Å². The Labute approximate surface area is 163 Å². The van der Waals surface area contributed by atoms with Crippen molar-refractivity contribution in [2.24, 2.45) is 0 Å². The maximum absolute atomic E-state index is 12.5. The third-order valence-electron chi connectivity index (χ3n) is 4.15. The van der Waals surface area contributed by atoms with Gasteiger partial charge in [-0.25, -0.2) is 22.6 Å². The fourth-order valence-corrected chi connectivity index (χ4v) is 3.97. The van der Waals surface area contributed by atoms with Gasteiger partial charge in [-0.15, -0.1) is 5.10 Å². The number of ether oxygens (including phenoxy) is 1. The zero-order valence-electron chi connectivity index (χ0n) is 16.1. The third-order valence-corrected chi connectivity index (χ3v) is 5.61. The van der Waals surface area contributed by atoms with Crippen LogP contribution in [0.5, 0.6) is 5.75 Å². The van der Waals surface area contributed by atoms with Gasteiger partial charge < -0.3 is 4.74 Å². The lowest BCUT2D eigenvalue weighted by Crippen LogP contribution is -2.27. The molecule has 28 heavy (non-hydrogen) atoms. The lowest BCUT2D eigenvalue weighted by Gasteiger charge is -2.14. The van der Waals surface area contributed by atoms with Crippen LogP contribution in [0.25, 0.3) is 5.65 Å². The molecule has 150 valence electrons. The summed E-state index contributed by atoms with van der Waals surface area (Å²) in [5, 5.41) is 4.23. The highest BCUT2D eigenvalue weighted by Gasteiger charge is 2.15. The highest BCUT2D eigenvalue weighted by atomic mass is 32.2. The summed E-state index contributed by atoms with van der Waals surface area (Å²) in [5.74, 6) is 0.667. The van der Waals surface area contributed by atoms with Gasteiger partial charge in [0.2, 0.25) is 10.0 Å². The number of nitrogens with one attached hydrogen (secondary N) is 1. The molecule has 0 spiro atoms. The van der Waals surface area contributed by atoms with Crippen LogP contribution in [0.4, 0.5) is 0 Å². The summed E-state index contributed by atoms with van der Waals surface area (Å²) in [6, 6.07) is 10.1. The molecule has 0 unspecified atom stereocenters. The molecular weight excluding hydrogens is 380 g/mol. The highest BCUT2D eigenvalue weighted by Crippen LogP contribution is 2.22. The van der Waals surface area contributed by atoms with Crippen molar-refractivity contribution in [2.75, 3.05) is 6.54 Å². The van der Waals surface area contributed by atoms with Crippen LogP contribution < -0.4 is 15.1 Å². The van der Waals surface area contributed by atoms with E-state index in [0.29, 0.717) is 24.4 Å². The Morgan fingerprint density at radius 1 is 1.21 bits per heavy atom. The molecule has 3 aromatic rings. The number of fused-ring (bicyclic) bond motifs is 1. The second-order valence-corrected chi connectivity index (χ2v) is 8.55. The first-order valence-electron chi connectivity index (χ1n) is 9.09. The molecule has 0 amide bonds. The molecule has 8 nitrogen and oxygen atoms in total. The van der Waals surface area contributed by atoms with E-state index in [9.17, 15) is 13.2 Å². The molecule has 0 radical (unpaired) electrons. The quantitative estimate of drug-likeness (QED) is 0.579. The van der Waals surface area contributed by atoms with Gasteiger partial charge in [-0.05, 0) is 63.1 Å². The summed E-state index contributed by atoms with van der Waals surface area (Å²) in [5.41, 5.74) is 1.08. The van der Waals surface area contributed by atoms with Crippen LogP contribution in [0.1, 0.15) is 25.8 Å². The number of sulfonamides is 1. The smallest absolute Gasteiger partial charge is 0.350 e. The molecule has 0 saturated carbocycles. The molecule has 1 aromatic carbocycles. The molecule has 0 atom stereocenters. The molecule has 0 aliphatic heterocycles. The fourth-order valence-electron chi connectivity index (χ4n) is 2.81. The van der Waals surface area contributed by atoms with Crippen LogP contribution in [0.15, 0.2) is 52.3 Å². The molecule has 1 N–H and O–H groups in total. The fraction of sp³-hybridized carbons (Fsp3) is 0.368. The first-order valence-corrected chi connectivity index (χ1v) is 10.6. The van der Waals surface area contributed by atoms with Gasteiger partial charge in [-0.2, -0.15) is 0 Å². The normalized spacial score (nSPS) is 12.0. The van der Waals surface area contributed by atoms with Crippen LogP contribution in [-0.2, 0) is 16.6 Å². The van der Waals surface area contributed by atoms with E-state index in [0.717, 1.165) is 5.56 Å². The monoisotopic (exact) mass is 404 g/mol. The van der Waals surface area contributed by atoms with E-state index < -0.39 is 10.0 Å². The lowest BCUT2D eigenvalue weighted by atomic mass is 10.2. The predicted molar refractivity (Wildman–Crippen MR) is 106 cm³/mol. The molecular formula is C19H24N4O4S. The molecule has 0 aliphatic rings. The van der Waals surface area contributed by atoms with Crippen molar-refractivity contribution in [1.82, 2.24) is 18.9 Å². The van der Waals surface area contributed by atoms with Crippen molar-refractivity contribution in [3.8, 4) is 5.75 Å². The van der Waals surface area contributed by atoms with E-state index in [1.807, 2.05) is 20.8 Å². The van der Waals surface area contributed by atoms with Gasteiger partial charge in [0.25, 0.3) is 0 Å². The highest BCUT2D eigenvalue weighted by molar-refractivity contribution is 7.89. The Morgan fingerprint density at radius 3 is 2.68 bits per heavy atom. The summed E-state index contributed by atoms with van der Waals surface area (Å²) in [6.45, 7) is 6.17. The zero-order valence-corrected chi connectivity index (χ0v) is 16.9. The van der Waals surface area contributed by atoms with E-state index in [-0.39, 0.29) is 23.2 Å². The Hall–Kier alpha value is -2.65. The number of hydrogen-bond donors (Lipinski definition) is 1. The van der Waals surface area contributed by atoms with Crippen LogP contribution in [0.3, 0.4) is 0 Å². The van der Waals surface area contributed by atoms with Gasteiger partial charge in [0.05, 0.1) is 11.0 Å². The predicted octanol–water partition coefficient (Wildman–Crippen LogP) is 1.96. The number of pyridine rings is 1. The van der Waals surface area contributed by atoms with Gasteiger partial charge in [-0.1, -0.05) is 6.07 Å². The SMILES string of the molecule is Cc1cc(S(=O)(=O)NCCCn2nc3ccccn3c2=O)ccc1OC(C)C. The second-order valence-electron chi connectivity index (χ2n) is 6.78. The Bertz CT molecular complexity index is 1130. The van der Waals surface area contributed by atoms with Crippen molar-refractivity contribution >= 4 is 15.7 Å². The van der Waals surface area contributed by atoms with Crippen molar-refractivity contribution in [3.63, 3.8) is 0 Å². The first-order chi connectivity index (χ1) is 13.3. The lowest BCUT2D eigenvalue weighted by molar-refractivity contribution is 0.240. The van der Waals surface area contributed by atoms with Gasteiger partial charge in [0.1, 0.15) is 5.75 Å². The standard InChI is InChI=1S/C19H24N4O4S/c1-14(2)27-17-9-8-16(13-15(17)3)28(25,26)20-10-6-12-23-19(24)22-11-5-4-7-18(22)21-23/h4-5,7-9,11,13-14,20H,6,10,12H2,1-3H3. The second kappa shape index (κ2) is 8.15. The van der Waals surface area contributed by atoms with Gasteiger partial charge >= 0.3 is 5.69 Å². The summed E-state index contributed by atoms with van der Waals surface area (Å²) >= 11 is 0. The van der Waals surface area contributed by atoms with Crippen LogP contribution in [-0.4, -0.2) is 35.2 Å². The van der Waals surface area contributed by atoms with Crippen LogP contribution in [0, 0.1) is 6.92 Å². The number of nitrogens with zero attached hydrogens (tertiary/aromatic N) is 3. The van der Waals surface area contributed by atoms with Gasteiger partial charge in [0.15, 0.2) is 5.65 Å². The van der Waals surface area contributed by atoms with E-state index in [4.69, 9.17) is 4.74 Å². The molecule has 3 rings (SSSR count). The largest absolute Gasteiger partial charge is 0.491 e. The van der Waals surface area contributed by atoms with E-state index in [2.05, 4.69) is 9.82 Å². The maximum Gasteiger partial charge on any atom is 0.350 e. The number of hydrogen-bond acceptors (Lipinski definition) is 5. The average Bonchev–Trinajstić information content (AvgIpc) is 2.96. The summed E-state index contributed by atoms with van der Waals surface area (Å²) in [6.07, 6.45) is 2.11. The topological polar surface area (TPSA) is 94.7 Å². The summed E-state index contributed by atoms with van der Waals surface area (Å²) < 4.78 is 36.0.